The van der Waals surface area contributed by atoms with Crippen molar-refractivity contribution in [2.75, 3.05) is 6.54 Å². The Labute approximate surface area is 106 Å². The van der Waals surface area contributed by atoms with E-state index in [1.807, 2.05) is 30.3 Å². The van der Waals surface area contributed by atoms with Gasteiger partial charge >= 0.3 is 0 Å². The van der Waals surface area contributed by atoms with Crippen LogP contribution in [0, 0.1) is 5.41 Å². The van der Waals surface area contributed by atoms with Crippen molar-refractivity contribution in [3.63, 3.8) is 0 Å². The van der Waals surface area contributed by atoms with Crippen LogP contribution in [0.3, 0.4) is 0 Å². The number of carbonyl (C=O) groups excluding carboxylic acids is 1. The van der Waals surface area contributed by atoms with Crippen LogP contribution < -0.4 is 5.73 Å². The highest BCUT2D eigenvalue weighted by Crippen LogP contribution is 2.43. The lowest BCUT2D eigenvalue weighted by molar-refractivity contribution is 0.0762. The molecule has 2 aromatic rings. The van der Waals surface area contributed by atoms with E-state index >= 15 is 0 Å². The first kappa shape index (κ1) is 11.5. The number of nitrogens with two attached hydrogens (primary N) is 1. The van der Waals surface area contributed by atoms with Gasteiger partial charge in [0.25, 0.3) is 0 Å². The number of hydrogen-bond acceptors (Lipinski definition) is 3. The second kappa shape index (κ2) is 4.25. The van der Waals surface area contributed by atoms with E-state index in [1.165, 1.54) is 6.42 Å². The molecule has 0 radical (unpaired) electrons. The van der Waals surface area contributed by atoms with Crippen LogP contribution in [0.2, 0.25) is 0 Å². The summed E-state index contributed by atoms with van der Waals surface area (Å²) in [5, 5.41) is 0.983. The van der Waals surface area contributed by atoms with Gasteiger partial charge in [0.05, 0.1) is 0 Å². The summed E-state index contributed by atoms with van der Waals surface area (Å²) >= 11 is 0. The Morgan fingerprint density at radius 3 is 2.72 bits per heavy atom. The lowest BCUT2D eigenvalue weighted by Crippen LogP contribution is -2.39. The molecule has 0 atom stereocenters. The third kappa shape index (κ3) is 1.85. The maximum absolute atomic E-state index is 12.2. The SMILES string of the molecule is NCC1(CC(=O)c2cc3ccccc3o2)CCC1. The molecule has 3 heteroatoms. The number of furan rings is 1. The minimum Gasteiger partial charge on any atom is -0.453 e. The fourth-order valence-electron chi connectivity index (χ4n) is 2.68. The van der Waals surface area contributed by atoms with E-state index < -0.39 is 0 Å². The third-order valence-electron chi connectivity index (χ3n) is 4.08. The molecule has 0 spiro atoms. The van der Waals surface area contributed by atoms with Crippen molar-refractivity contribution in [1.82, 2.24) is 0 Å². The van der Waals surface area contributed by atoms with Crippen molar-refractivity contribution in [2.45, 2.75) is 25.7 Å². The van der Waals surface area contributed by atoms with Gasteiger partial charge in [-0.3, -0.25) is 4.79 Å². The van der Waals surface area contributed by atoms with Crippen LogP contribution in [0.4, 0.5) is 0 Å². The molecule has 3 rings (SSSR count). The van der Waals surface area contributed by atoms with Crippen LogP contribution in [-0.4, -0.2) is 12.3 Å². The zero-order valence-electron chi connectivity index (χ0n) is 10.3. The summed E-state index contributed by atoms with van der Waals surface area (Å²) in [5.41, 5.74) is 6.60. The van der Waals surface area contributed by atoms with Gasteiger partial charge in [-0.15, -0.1) is 0 Å². The smallest absolute Gasteiger partial charge is 0.198 e. The summed E-state index contributed by atoms with van der Waals surface area (Å²) in [6.45, 7) is 0.596. The van der Waals surface area contributed by atoms with E-state index in [4.69, 9.17) is 10.2 Å². The van der Waals surface area contributed by atoms with Crippen molar-refractivity contribution in [1.29, 1.82) is 0 Å². The molecule has 0 aliphatic heterocycles. The van der Waals surface area contributed by atoms with Gasteiger partial charge in [0, 0.05) is 11.8 Å². The Kier molecular flexibility index (Phi) is 2.71. The largest absolute Gasteiger partial charge is 0.453 e. The Bertz CT molecular complexity index is 542. The zero-order valence-corrected chi connectivity index (χ0v) is 10.3. The lowest BCUT2D eigenvalue weighted by Gasteiger charge is -2.40. The Morgan fingerprint density at radius 2 is 2.11 bits per heavy atom. The molecule has 1 aromatic heterocycles. The van der Waals surface area contributed by atoms with Crippen LogP contribution in [0.15, 0.2) is 34.7 Å². The molecule has 1 aromatic carbocycles. The highest BCUT2D eigenvalue weighted by molar-refractivity contribution is 5.97. The van der Waals surface area contributed by atoms with Gasteiger partial charge < -0.3 is 10.2 Å². The minimum absolute atomic E-state index is 0.0378. The van der Waals surface area contributed by atoms with Crippen molar-refractivity contribution in [3.8, 4) is 0 Å². The Morgan fingerprint density at radius 1 is 1.33 bits per heavy atom. The number of Topliss-reactive ketones (excluding diaryl/α,β-unsaturated/α-hetero) is 1. The van der Waals surface area contributed by atoms with Gasteiger partial charge in [-0.25, -0.2) is 0 Å². The predicted molar refractivity (Wildman–Crippen MR) is 70.5 cm³/mol. The summed E-state index contributed by atoms with van der Waals surface area (Å²) in [6.07, 6.45) is 3.83. The zero-order chi connectivity index (χ0) is 12.6. The van der Waals surface area contributed by atoms with Crippen LogP contribution in [0.5, 0.6) is 0 Å². The Hall–Kier alpha value is -1.61. The number of carbonyl (C=O) groups is 1. The average Bonchev–Trinajstić information content (AvgIpc) is 2.77. The monoisotopic (exact) mass is 243 g/mol. The maximum atomic E-state index is 12.2. The number of rotatable bonds is 4. The first-order valence-corrected chi connectivity index (χ1v) is 6.44. The standard InChI is InChI=1S/C15H17NO2/c16-10-15(6-3-7-15)9-12(17)14-8-11-4-1-2-5-13(11)18-14/h1-2,4-5,8H,3,6-7,9-10,16H2. The van der Waals surface area contributed by atoms with Crippen molar-refractivity contribution in [2.24, 2.45) is 11.1 Å². The topological polar surface area (TPSA) is 56.2 Å². The molecule has 1 heterocycles. The maximum Gasteiger partial charge on any atom is 0.198 e. The number of benzene rings is 1. The van der Waals surface area contributed by atoms with Gasteiger partial charge in [0.1, 0.15) is 5.58 Å². The molecule has 94 valence electrons. The molecule has 1 aliphatic carbocycles. The summed E-state index contributed by atoms with van der Waals surface area (Å²) in [4.78, 5) is 12.2. The highest BCUT2D eigenvalue weighted by Gasteiger charge is 2.38. The third-order valence-corrected chi connectivity index (χ3v) is 4.08. The lowest BCUT2D eigenvalue weighted by atomic mass is 9.66. The van der Waals surface area contributed by atoms with Gasteiger partial charge in [-0.05, 0) is 36.9 Å². The second-order valence-electron chi connectivity index (χ2n) is 5.31. The molecule has 2 N–H and O–H groups in total. The molecule has 0 saturated heterocycles. The van der Waals surface area contributed by atoms with Gasteiger partial charge in [0.2, 0.25) is 0 Å². The Balaban J connectivity index is 1.83. The van der Waals surface area contributed by atoms with Crippen LogP contribution in [0.25, 0.3) is 11.0 Å². The van der Waals surface area contributed by atoms with E-state index in [0.29, 0.717) is 18.7 Å². The molecule has 18 heavy (non-hydrogen) atoms. The molecular weight excluding hydrogens is 226 g/mol. The minimum atomic E-state index is 0.0378. The van der Waals surface area contributed by atoms with Crippen molar-refractivity contribution < 1.29 is 9.21 Å². The normalized spacial score (nSPS) is 17.6. The van der Waals surface area contributed by atoms with Gasteiger partial charge in [0.15, 0.2) is 11.5 Å². The fraction of sp³-hybridized carbons (Fsp3) is 0.400. The molecule has 0 unspecified atom stereocenters. The van der Waals surface area contributed by atoms with Crippen LogP contribution >= 0.6 is 0 Å². The number of ketones is 1. The first-order valence-electron chi connectivity index (χ1n) is 6.44. The van der Waals surface area contributed by atoms with E-state index in [0.717, 1.165) is 23.8 Å². The molecule has 0 bridgehead atoms. The molecule has 0 amide bonds. The van der Waals surface area contributed by atoms with Crippen molar-refractivity contribution in [3.05, 3.63) is 36.1 Å². The predicted octanol–water partition coefficient (Wildman–Crippen LogP) is 3.13. The summed E-state index contributed by atoms with van der Waals surface area (Å²) < 4.78 is 5.60. The molecule has 1 saturated carbocycles. The van der Waals surface area contributed by atoms with Gasteiger partial charge in [-0.1, -0.05) is 24.6 Å². The average molecular weight is 243 g/mol. The van der Waals surface area contributed by atoms with E-state index in [1.54, 1.807) is 0 Å². The summed E-state index contributed by atoms with van der Waals surface area (Å²) in [6, 6.07) is 9.53. The van der Waals surface area contributed by atoms with Gasteiger partial charge in [-0.2, -0.15) is 0 Å². The second-order valence-corrected chi connectivity index (χ2v) is 5.31. The molecule has 1 aliphatic rings. The molecular formula is C15H17NO2. The quantitative estimate of drug-likeness (QED) is 0.839. The number of hydrogen-bond donors (Lipinski definition) is 1. The van der Waals surface area contributed by atoms with E-state index in [9.17, 15) is 4.79 Å². The fourth-order valence-corrected chi connectivity index (χ4v) is 2.68. The van der Waals surface area contributed by atoms with Crippen LogP contribution in [0.1, 0.15) is 36.2 Å². The van der Waals surface area contributed by atoms with E-state index in [-0.39, 0.29) is 11.2 Å². The van der Waals surface area contributed by atoms with Crippen molar-refractivity contribution >= 4 is 16.8 Å². The number of para-hydroxylation sites is 1. The first-order chi connectivity index (χ1) is 8.72. The summed E-state index contributed by atoms with van der Waals surface area (Å²) in [5.74, 6) is 0.548. The van der Waals surface area contributed by atoms with E-state index in [2.05, 4.69) is 0 Å². The number of fused-ring (bicyclic) bond motifs is 1. The molecule has 1 fully saturated rings. The highest BCUT2D eigenvalue weighted by atomic mass is 16.3. The van der Waals surface area contributed by atoms with Crippen LogP contribution in [-0.2, 0) is 0 Å². The molecule has 3 nitrogen and oxygen atoms in total. The summed E-state index contributed by atoms with van der Waals surface area (Å²) in [7, 11) is 0.